The van der Waals surface area contributed by atoms with E-state index in [1.807, 2.05) is 37.4 Å². The lowest BCUT2D eigenvalue weighted by molar-refractivity contribution is 0.806. The maximum Gasteiger partial charge on any atom is 0.0453 e. The Morgan fingerprint density at radius 3 is 3.00 bits per heavy atom. The van der Waals surface area contributed by atoms with Gasteiger partial charge in [0.1, 0.15) is 0 Å². The molecule has 1 atom stereocenters. The van der Waals surface area contributed by atoms with Crippen molar-refractivity contribution in [3.8, 4) is 0 Å². The fourth-order valence-corrected chi connectivity index (χ4v) is 2.84. The predicted molar refractivity (Wildman–Crippen MR) is 84.7 cm³/mol. The third-order valence-corrected chi connectivity index (χ3v) is 3.86. The first kappa shape index (κ1) is 13.3. The highest BCUT2D eigenvalue weighted by molar-refractivity contribution is 6.30. The number of aryl methyl sites for hydroxylation is 1. The summed E-state index contributed by atoms with van der Waals surface area (Å²) in [7, 11) is 0. The molecule has 2 heterocycles. The maximum atomic E-state index is 6.06. The minimum absolute atomic E-state index is 0.468. The molecule has 0 aliphatic carbocycles. The zero-order valence-corrected chi connectivity index (χ0v) is 12.3. The van der Waals surface area contributed by atoms with E-state index in [9.17, 15) is 0 Å². The van der Waals surface area contributed by atoms with Crippen LogP contribution in [0.5, 0.6) is 0 Å². The van der Waals surface area contributed by atoms with Crippen LogP contribution in [0.4, 0.5) is 11.4 Å². The van der Waals surface area contributed by atoms with Crippen molar-refractivity contribution >= 4 is 23.0 Å². The quantitative estimate of drug-likeness (QED) is 0.932. The van der Waals surface area contributed by atoms with Crippen LogP contribution in [-0.2, 0) is 0 Å². The van der Waals surface area contributed by atoms with Crippen molar-refractivity contribution in [3.05, 3.63) is 53.3 Å². The summed E-state index contributed by atoms with van der Waals surface area (Å²) in [5, 5.41) is 4.38. The molecule has 0 saturated carbocycles. The number of hydrogen-bond donors (Lipinski definition) is 1. The van der Waals surface area contributed by atoms with Gasteiger partial charge in [-0.2, -0.15) is 0 Å². The second-order valence-corrected chi connectivity index (χ2v) is 5.68. The van der Waals surface area contributed by atoms with Crippen molar-refractivity contribution in [2.75, 3.05) is 23.3 Å². The lowest BCUT2D eigenvalue weighted by Crippen LogP contribution is -2.25. The van der Waals surface area contributed by atoms with Crippen LogP contribution >= 0.6 is 11.6 Å². The molecular weight excluding hydrogens is 270 g/mol. The van der Waals surface area contributed by atoms with E-state index in [4.69, 9.17) is 11.6 Å². The molecule has 1 aromatic heterocycles. The van der Waals surface area contributed by atoms with E-state index in [1.165, 1.54) is 5.69 Å². The number of pyridine rings is 1. The number of nitrogens with one attached hydrogen (secondary N) is 1. The number of hydrogen-bond acceptors (Lipinski definition) is 3. The minimum atomic E-state index is 0.468. The van der Waals surface area contributed by atoms with Crippen molar-refractivity contribution in [2.45, 2.75) is 19.4 Å². The lowest BCUT2D eigenvalue weighted by atomic mass is 10.2. The number of aromatic nitrogens is 1. The molecule has 1 fully saturated rings. The van der Waals surface area contributed by atoms with E-state index < -0.39 is 0 Å². The van der Waals surface area contributed by atoms with E-state index in [0.29, 0.717) is 6.04 Å². The molecule has 1 aliphatic heterocycles. The van der Waals surface area contributed by atoms with Gasteiger partial charge in [-0.05, 0) is 43.7 Å². The summed E-state index contributed by atoms with van der Waals surface area (Å²) in [5.41, 5.74) is 3.39. The molecular formula is C16H18ClN3. The number of benzene rings is 1. The molecule has 1 N–H and O–H groups in total. The van der Waals surface area contributed by atoms with Crippen molar-refractivity contribution in [1.82, 2.24) is 4.98 Å². The molecule has 1 saturated heterocycles. The first-order valence-electron chi connectivity index (χ1n) is 6.90. The highest BCUT2D eigenvalue weighted by Crippen LogP contribution is 2.24. The maximum absolute atomic E-state index is 6.06. The van der Waals surface area contributed by atoms with Crippen LogP contribution in [0.25, 0.3) is 0 Å². The molecule has 20 heavy (non-hydrogen) atoms. The zero-order chi connectivity index (χ0) is 13.9. The Morgan fingerprint density at radius 1 is 1.30 bits per heavy atom. The zero-order valence-electron chi connectivity index (χ0n) is 11.5. The summed E-state index contributed by atoms with van der Waals surface area (Å²) in [4.78, 5) is 6.59. The summed E-state index contributed by atoms with van der Waals surface area (Å²) < 4.78 is 0. The molecule has 2 aromatic rings. The van der Waals surface area contributed by atoms with Crippen LogP contribution in [0.3, 0.4) is 0 Å². The molecule has 3 rings (SSSR count). The van der Waals surface area contributed by atoms with Crippen molar-refractivity contribution in [3.63, 3.8) is 0 Å². The Bertz CT molecular complexity index is 600. The molecule has 0 radical (unpaired) electrons. The first-order valence-corrected chi connectivity index (χ1v) is 7.28. The molecule has 0 amide bonds. The van der Waals surface area contributed by atoms with Crippen LogP contribution in [0.1, 0.15) is 12.1 Å². The summed E-state index contributed by atoms with van der Waals surface area (Å²) in [6.45, 7) is 4.07. The normalized spacial score (nSPS) is 18.3. The molecule has 4 heteroatoms. The number of halogens is 1. The second kappa shape index (κ2) is 5.71. The predicted octanol–water partition coefficient (Wildman–Crippen LogP) is 3.73. The summed E-state index contributed by atoms with van der Waals surface area (Å²) in [5.74, 6) is 0. The number of nitrogens with zero attached hydrogens (tertiary/aromatic N) is 2. The Morgan fingerprint density at radius 2 is 2.20 bits per heavy atom. The van der Waals surface area contributed by atoms with Gasteiger partial charge in [0, 0.05) is 47.4 Å². The molecule has 1 aliphatic rings. The second-order valence-electron chi connectivity index (χ2n) is 5.24. The Kier molecular flexibility index (Phi) is 3.79. The first-order chi connectivity index (χ1) is 9.70. The molecule has 3 nitrogen and oxygen atoms in total. The summed E-state index contributed by atoms with van der Waals surface area (Å²) in [6, 6.07) is 12.6. The summed E-state index contributed by atoms with van der Waals surface area (Å²) >= 11 is 6.06. The van der Waals surface area contributed by atoms with Crippen LogP contribution in [0.15, 0.2) is 42.6 Å². The largest absolute Gasteiger partial charge is 0.380 e. The highest BCUT2D eigenvalue weighted by Gasteiger charge is 2.22. The van der Waals surface area contributed by atoms with E-state index in [0.717, 1.165) is 35.9 Å². The van der Waals surface area contributed by atoms with Crippen LogP contribution < -0.4 is 10.2 Å². The van der Waals surface area contributed by atoms with Gasteiger partial charge in [-0.3, -0.25) is 4.98 Å². The van der Waals surface area contributed by atoms with Crippen molar-refractivity contribution in [2.24, 2.45) is 0 Å². The minimum Gasteiger partial charge on any atom is -0.380 e. The van der Waals surface area contributed by atoms with Gasteiger partial charge in [0.2, 0.25) is 0 Å². The van der Waals surface area contributed by atoms with Crippen LogP contribution in [0.2, 0.25) is 5.02 Å². The summed E-state index contributed by atoms with van der Waals surface area (Å²) in [6.07, 6.45) is 2.98. The van der Waals surface area contributed by atoms with E-state index in [-0.39, 0.29) is 0 Å². The third-order valence-electron chi connectivity index (χ3n) is 3.63. The fourth-order valence-electron chi connectivity index (χ4n) is 2.66. The van der Waals surface area contributed by atoms with E-state index >= 15 is 0 Å². The molecule has 1 unspecified atom stereocenters. The van der Waals surface area contributed by atoms with Gasteiger partial charge in [-0.15, -0.1) is 0 Å². The topological polar surface area (TPSA) is 28.2 Å². The molecule has 104 valence electrons. The highest BCUT2D eigenvalue weighted by atomic mass is 35.5. The van der Waals surface area contributed by atoms with E-state index in [2.05, 4.69) is 27.3 Å². The van der Waals surface area contributed by atoms with Gasteiger partial charge in [-0.1, -0.05) is 17.7 Å². The standard InChI is InChI=1S/C16H18ClN3/c1-12-9-14(5-7-18-12)19-15-6-8-20(11-15)16-4-2-3-13(17)10-16/h2-5,7,9-10,15H,6,8,11H2,1H3,(H,18,19). The molecule has 0 bridgehead atoms. The van der Waals surface area contributed by atoms with Gasteiger partial charge in [-0.25, -0.2) is 0 Å². The van der Waals surface area contributed by atoms with Crippen molar-refractivity contribution < 1.29 is 0 Å². The lowest BCUT2D eigenvalue weighted by Gasteiger charge is -2.19. The SMILES string of the molecule is Cc1cc(NC2CCN(c3cccc(Cl)c3)C2)ccn1. The molecule has 1 aromatic carbocycles. The van der Waals surface area contributed by atoms with Crippen LogP contribution in [0, 0.1) is 6.92 Å². The average molecular weight is 288 g/mol. The molecule has 0 spiro atoms. The van der Waals surface area contributed by atoms with Gasteiger partial charge < -0.3 is 10.2 Å². The van der Waals surface area contributed by atoms with Crippen molar-refractivity contribution in [1.29, 1.82) is 0 Å². The number of rotatable bonds is 3. The van der Waals surface area contributed by atoms with Crippen LogP contribution in [-0.4, -0.2) is 24.1 Å². The fraction of sp³-hybridized carbons (Fsp3) is 0.312. The van der Waals surface area contributed by atoms with Gasteiger partial charge in [0.15, 0.2) is 0 Å². The average Bonchev–Trinajstić information content (AvgIpc) is 2.87. The third kappa shape index (κ3) is 3.05. The van der Waals surface area contributed by atoms with Gasteiger partial charge in [0.25, 0.3) is 0 Å². The monoisotopic (exact) mass is 287 g/mol. The van der Waals surface area contributed by atoms with Gasteiger partial charge >= 0.3 is 0 Å². The van der Waals surface area contributed by atoms with Gasteiger partial charge in [0.05, 0.1) is 0 Å². The Balaban J connectivity index is 1.65. The van der Waals surface area contributed by atoms with E-state index in [1.54, 1.807) is 0 Å². The smallest absolute Gasteiger partial charge is 0.0453 e. The Hall–Kier alpha value is -1.74. The Labute approximate surface area is 124 Å². The number of anilines is 2.